The van der Waals surface area contributed by atoms with Crippen LogP contribution in [0.2, 0.25) is 5.02 Å². The predicted molar refractivity (Wildman–Crippen MR) is 104 cm³/mol. The Morgan fingerprint density at radius 1 is 1.26 bits per heavy atom. The van der Waals surface area contributed by atoms with E-state index in [0.29, 0.717) is 40.8 Å². The quantitative estimate of drug-likeness (QED) is 0.670. The van der Waals surface area contributed by atoms with Crippen molar-refractivity contribution in [3.8, 4) is 11.5 Å². The topological polar surface area (TPSA) is 78.3 Å². The largest absolute Gasteiger partial charge is 0.493 e. The lowest BCUT2D eigenvalue weighted by atomic mass is 10.1. The van der Waals surface area contributed by atoms with Gasteiger partial charge in [-0.15, -0.1) is 5.10 Å². The Labute approximate surface area is 162 Å². The van der Waals surface area contributed by atoms with Crippen LogP contribution in [0.3, 0.4) is 0 Å². The maximum Gasteiger partial charge on any atom is 0.251 e. The van der Waals surface area contributed by atoms with E-state index in [9.17, 15) is 4.79 Å². The average Bonchev–Trinajstić information content (AvgIpc) is 3.10. The van der Waals surface area contributed by atoms with Crippen LogP contribution < -0.4 is 14.8 Å². The first-order chi connectivity index (χ1) is 13.1. The highest BCUT2D eigenvalue weighted by Crippen LogP contribution is 2.36. The number of methoxy groups -OCH3 is 1. The standard InChI is InChI=1S/C19H21ClN4O3/c1-4-24-16-7-6-13(10-15(16)22-23-24)19(25)21-11-12-8-14(20)18(27-5-2)17(9-12)26-3/h6-10H,4-5,11H2,1-3H3,(H,21,25). The molecule has 1 heterocycles. The first kappa shape index (κ1) is 19.0. The number of aromatic nitrogens is 3. The molecule has 0 spiro atoms. The molecule has 0 aliphatic rings. The zero-order valence-electron chi connectivity index (χ0n) is 15.5. The van der Waals surface area contributed by atoms with Crippen molar-refractivity contribution in [2.75, 3.05) is 13.7 Å². The van der Waals surface area contributed by atoms with Crippen LogP contribution in [0, 0.1) is 0 Å². The summed E-state index contributed by atoms with van der Waals surface area (Å²) < 4.78 is 12.6. The molecule has 1 amide bonds. The van der Waals surface area contributed by atoms with Crippen molar-refractivity contribution in [3.05, 3.63) is 46.5 Å². The first-order valence-corrected chi connectivity index (χ1v) is 9.05. The molecule has 0 bridgehead atoms. The van der Waals surface area contributed by atoms with Crippen LogP contribution in [-0.2, 0) is 13.1 Å². The van der Waals surface area contributed by atoms with Crippen molar-refractivity contribution in [1.82, 2.24) is 20.3 Å². The van der Waals surface area contributed by atoms with Crippen LogP contribution in [0.5, 0.6) is 11.5 Å². The molecule has 0 fully saturated rings. The number of amides is 1. The van der Waals surface area contributed by atoms with Gasteiger partial charge in [-0.3, -0.25) is 4.79 Å². The van der Waals surface area contributed by atoms with Crippen LogP contribution >= 0.6 is 11.6 Å². The molecule has 27 heavy (non-hydrogen) atoms. The number of rotatable bonds is 7. The van der Waals surface area contributed by atoms with Crippen molar-refractivity contribution in [1.29, 1.82) is 0 Å². The number of aryl methyl sites for hydroxylation is 1. The van der Waals surface area contributed by atoms with Crippen molar-refractivity contribution in [2.24, 2.45) is 0 Å². The average molecular weight is 389 g/mol. The second-order valence-electron chi connectivity index (χ2n) is 5.83. The molecule has 142 valence electrons. The Morgan fingerprint density at radius 2 is 2.07 bits per heavy atom. The Hall–Kier alpha value is -2.80. The number of ether oxygens (including phenoxy) is 2. The third kappa shape index (κ3) is 3.98. The molecule has 3 rings (SSSR count). The fourth-order valence-corrected chi connectivity index (χ4v) is 3.08. The fourth-order valence-electron chi connectivity index (χ4n) is 2.79. The number of halogens is 1. The minimum absolute atomic E-state index is 0.202. The summed E-state index contributed by atoms with van der Waals surface area (Å²) in [6.07, 6.45) is 0. The minimum Gasteiger partial charge on any atom is -0.493 e. The van der Waals surface area contributed by atoms with Crippen LogP contribution in [-0.4, -0.2) is 34.6 Å². The normalized spacial score (nSPS) is 10.8. The van der Waals surface area contributed by atoms with E-state index < -0.39 is 0 Å². The summed E-state index contributed by atoms with van der Waals surface area (Å²) in [5.41, 5.74) is 2.92. The zero-order chi connectivity index (χ0) is 19.4. The second kappa shape index (κ2) is 8.26. The molecule has 0 atom stereocenters. The molecular formula is C19H21ClN4O3. The van der Waals surface area contributed by atoms with Crippen molar-refractivity contribution in [3.63, 3.8) is 0 Å². The summed E-state index contributed by atoms with van der Waals surface area (Å²) in [6.45, 7) is 5.38. The maximum absolute atomic E-state index is 12.5. The first-order valence-electron chi connectivity index (χ1n) is 8.68. The molecule has 7 nitrogen and oxygen atoms in total. The number of nitrogens with zero attached hydrogens (tertiary/aromatic N) is 3. The highest BCUT2D eigenvalue weighted by atomic mass is 35.5. The number of carbonyl (C=O) groups excluding carboxylic acids is 1. The number of benzene rings is 2. The summed E-state index contributed by atoms with van der Waals surface area (Å²) >= 11 is 6.27. The zero-order valence-corrected chi connectivity index (χ0v) is 16.2. The van der Waals surface area contributed by atoms with E-state index in [4.69, 9.17) is 21.1 Å². The van der Waals surface area contributed by atoms with Gasteiger partial charge in [-0.1, -0.05) is 16.8 Å². The van der Waals surface area contributed by atoms with Gasteiger partial charge in [-0.25, -0.2) is 4.68 Å². The smallest absolute Gasteiger partial charge is 0.251 e. The number of fused-ring (bicyclic) bond motifs is 1. The summed E-state index contributed by atoms with van der Waals surface area (Å²) in [5.74, 6) is 0.833. The number of nitrogens with one attached hydrogen (secondary N) is 1. The molecule has 0 saturated heterocycles. The Bertz CT molecular complexity index is 971. The van der Waals surface area contributed by atoms with Gasteiger partial charge in [0.1, 0.15) is 5.52 Å². The molecule has 0 unspecified atom stereocenters. The lowest BCUT2D eigenvalue weighted by Crippen LogP contribution is -2.22. The summed E-state index contributed by atoms with van der Waals surface area (Å²) in [7, 11) is 1.55. The predicted octanol–water partition coefficient (Wildman–Crippen LogP) is 3.44. The van der Waals surface area contributed by atoms with Crippen molar-refractivity contribution >= 4 is 28.5 Å². The Balaban J connectivity index is 1.74. The van der Waals surface area contributed by atoms with Gasteiger partial charge < -0.3 is 14.8 Å². The van der Waals surface area contributed by atoms with Gasteiger partial charge in [-0.05, 0) is 49.7 Å². The van der Waals surface area contributed by atoms with Gasteiger partial charge in [-0.2, -0.15) is 0 Å². The highest BCUT2D eigenvalue weighted by Gasteiger charge is 2.13. The van der Waals surface area contributed by atoms with Gasteiger partial charge in [0.2, 0.25) is 0 Å². The SMILES string of the molecule is CCOc1c(Cl)cc(CNC(=O)c2ccc3c(c2)nnn3CC)cc1OC. The number of hydrogen-bond acceptors (Lipinski definition) is 5. The molecule has 2 aromatic carbocycles. The third-order valence-corrected chi connectivity index (χ3v) is 4.39. The minimum atomic E-state index is -0.202. The molecule has 1 N–H and O–H groups in total. The molecule has 0 radical (unpaired) electrons. The van der Waals surface area contributed by atoms with E-state index >= 15 is 0 Å². The lowest BCUT2D eigenvalue weighted by molar-refractivity contribution is 0.0951. The number of carbonyl (C=O) groups is 1. The summed E-state index contributed by atoms with van der Waals surface area (Å²) in [4.78, 5) is 12.5. The van der Waals surface area contributed by atoms with Crippen molar-refractivity contribution in [2.45, 2.75) is 26.9 Å². The molecule has 8 heteroatoms. The van der Waals surface area contributed by atoms with E-state index in [-0.39, 0.29) is 5.91 Å². The van der Waals surface area contributed by atoms with E-state index in [2.05, 4.69) is 15.6 Å². The van der Waals surface area contributed by atoms with E-state index in [1.165, 1.54) is 0 Å². The van der Waals surface area contributed by atoms with Crippen LogP contribution in [0.25, 0.3) is 11.0 Å². The van der Waals surface area contributed by atoms with Crippen molar-refractivity contribution < 1.29 is 14.3 Å². The van der Waals surface area contributed by atoms with E-state index in [0.717, 1.165) is 17.6 Å². The molecule has 0 saturated carbocycles. The summed E-state index contributed by atoms with van der Waals surface area (Å²) in [6, 6.07) is 8.90. The Morgan fingerprint density at radius 3 is 2.78 bits per heavy atom. The van der Waals surface area contributed by atoms with Gasteiger partial charge in [0.15, 0.2) is 11.5 Å². The fraction of sp³-hybridized carbons (Fsp3) is 0.316. The van der Waals surface area contributed by atoms with E-state index in [1.54, 1.807) is 36.1 Å². The monoisotopic (exact) mass is 388 g/mol. The van der Waals surface area contributed by atoms with Gasteiger partial charge in [0, 0.05) is 18.7 Å². The second-order valence-corrected chi connectivity index (χ2v) is 6.24. The Kier molecular flexibility index (Phi) is 5.81. The number of hydrogen-bond donors (Lipinski definition) is 1. The maximum atomic E-state index is 12.5. The van der Waals surface area contributed by atoms with Gasteiger partial charge in [0.05, 0.1) is 24.3 Å². The van der Waals surface area contributed by atoms with Gasteiger partial charge >= 0.3 is 0 Å². The van der Waals surface area contributed by atoms with Gasteiger partial charge in [0.25, 0.3) is 5.91 Å². The van der Waals surface area contributed by atoms with Crippen LogP contribution in [0.1, 0.15) is 29.8 Å². The third-order valence-electron chi connectivity index (χ3n) is 4.11. The molecule has 0 aliphatic heterocycles. The van der Waals surface area contributed by atoms with Crippen LogP contribution in [0.15, 0.2) is 30.3 Å². The lowest BCUT2D eigenvalue weighted by Gasteiger charge is -2.13. The van der Waals surface area contributed by atoms with E-state index in [1.807, 2.05) is 19.9 Å². The van der Waals surface area contributed by atoms with Crippen LogP contribution in [0.4, 0.5) is 0 Å². The molecule has 3 aromatic rings. The molecule has 0 aliphatic carbocycles. The highest BCUT2D eigenvalue weighted by molar-refractivity contribution is 6.32. The molecule has 1 aromatic heterocycles. The molecular weight excluding hydrogens is 368 g/mol. The summed E-state index contributed by atoms with van der Waals surface area (Å²) in [5, 5.41) is 11.5.